The lowest BCUT2D eigenvalue weighted by Gasteiger charge is -2.05. The normalized spacial score (nSPS) is 8.90. The summed E-state index contributed by atoms with van der Waals surface area (Å²) in [4.78, 5) is 5.80. The van der Waals surface area contributed by atoms with Crippen LogP contribution in [0.3, 0.4) is 0 Å². The highest BCUT2D eigenvalue weighted by atomic mass is 32.1. The molecule has 0 saturated carbocycles. The number of anilines is 1. The summed E-state index contributed by atoms with van der Waals surface area (Å²) in [6, 6.07) is 1.98. The summed E-state index contributed by atoms with van der Waals surface area (Å²) in [6.45, 7) is 0. The van der Waals surface area contributed by atoms with Gasteiger partial charge in [-0.1, -0.05) is 11.3 Å². The van der Waals surface area contributed by atoms with Gasteiger partial charge < -0.3 is 4.90 Å². The first-order chi connectivity index (χ1) is 4.74. The lowest BCUT2D eigenvalue weighted by molar-refractivity contribution is 1.15. The van der Waals surface area contributed by atoms with Crippen molar-refractivity contribution in [3.63, 3.8) is 0 Å². The van der Waals surface area contributed by atoms with Crippen LogP contribution in [0.25, 0.3) is 0 Å². The summed E-state index contributed by atoms with van der Waals surface area (Å²) >= 11 is 1.39. The summed E-state index contributed by atoms with van der Waals surface area (Å²) in [5.41, 5.74) is 0. The number of rotatable bonds is 1. The molecular formula is C6H7N3S. The van der Waals surface area contributed by atoms with E-state index in [9.17, 15) is 0 Å². The third kappa shape index (κ3) is 1.25. The number of hydrogen-bond donors (Lipinski definition) is 0. The minimum Gasteiger partial charge on any atom is -0.368 e. The Morgan fingerprint density at radius 2 is 2.40 bits per heavy atom. The fourth-order valence-electron chi connectivity index (χ4n) is 0.524. The molecule has 0 aliphatic rings. The molecule has 1 heterocycles. The second-order valence-electron chi connectivity index (χ2n) is 2.01. The number of nitriles is 1. The Kier molecular flexibility index (Phi) is 1.88. The SMILES string of the molecule is CN(C)c1cnc(C#N)s1. The van der Waals surface area contributed by atoms with Gasteiger partial charge in [0.15, 0.2) is 5.01 Å². The van der Waals surface area contributed by atoms with Crippen LogP contribution < -0.4 is 4.90 Å². The fourth-order valence-corrected chi connectivity index (χ4v) is 1.16. The lowest BCUT2D eigenvalue weighted by atomic mass is 10.7. The Labute approximate surface area is 63.5 Å². The van der Waals surface area contributed by atoms with Crippen molar-refractivity contribution in [2.24, 2.45) is 0 Å². The highest BCUT2D eigenvalue weighted by molar-refractivity contribution is 7.16. The van der Waals surface area contributed by atoms with Crippen LogP contribution in [0.2, 0.25) is 0 Å². The average Bonchev–Trinajstić information content (AvgIpc) is 2.34. The van der Waals surface area contributed by atoms with Gasteiger partial charge in [-0.25, -0.2) is 4.98 Å². The Morgan fingerprint density at radius 1 is 1.70 bits per heavy atom. The van der Waals surface area contributed by atoms with E-state index in [0.717, 1.165) is 5.00 Å². The van der Waals surface area contributed by atoms with Crippen molar-refractivity contribution in [3.8, 4) is 6.07 Å². The van der Waals surface area contributed by atoms with E-state index in [-0.39, 0.29) is 0 Å². The Balaban J connectivity index is 2.91. The molecule has 3 nitrogen and oxygen atoms in total. The van der Waals surface area contributed by atoms with E-state index in [2.05, 4.69) is 4.98 Å². The highest BCUT2D eigenvalue weighted by Crippen LogP contribution is 2.19. The average molecular weight is 153 g/mol. The van der Waals surface area contributed by atoms with E-state index in [1.54, 1.807) is 6.20 Å². The molecule has 0 aliphatic heterocycles. The van der Waals surface area contributed by atoms with Crippen molar-refractivity contribution in [1.82, 2.24) is 4.98 Å². The van der Waals surface area contributed by atoms with Crippen LogP contribution in [-0.2, 0) is 0 Å². The zero-order valence-electron chi connectivity index (χ0n) is 5.83. The van der Waals surface area contributed by atoms with Crippen molar-refractivity contribution in [1.29, 1.82) is 5.26 Å². The van der Waals surface area contributed by atoms with Gasteiger partial charge in [0, 0.05) is 14.1 Å². The molecule has 0 radical (unpaired) electrons. The third-order valence-electron chi connectivity index (χ3n) is 1.03. The molecule has 4 heteroatoms. The molecule has 1 rings (SSSR count). The third-order valence-corrected chi connectivity index (χ3v) is 2.10. The molecule has 0 bridgehead atoms. The van der Waals surface area contributed by atoms with Crippen molar-refractivity contribution in [2.45, 2.75) is 0 Å². The Morgan fingerprint density at radius 3 is 2.70 bits per heavy atom. The van der Waals surface area contributed by atoms with E-state index in [1.165, 1.54) is 11.3 Å². The predicted molar refractivity (Wildman–Crippen MR) is 41.2 cm³/mol. The first kappa shape index (κ1) is 7.03. The summed E-state index contributed by atoms with van der Waals surface area (Å²) in [5.74, 6) is 0. The smallest absolute Gasteiger partial charge is 0.196 e. The molecular weight excluding hydrogens is 146 g/mol. The maximum absolute atomic E-state index is 8.41. The van der Waals surface area contributed by atoms with E-state index in [0.29, 0.717) is 5.01 Å². The summed E-state index contributed by atoms with van der Waals surface area (Å²) in [6.07, 6.45) is 1.70. The molecule has 0 atom stereocenters. The molecule has 0 aliphatic carbocycles. The number of thiazole rings is 1. The quantitative estimate of drug-likeness (QED) is 0.606. The van der Waals surface area contributed by atoms with Gasteiger partial charge in [0.2, 0.25) is 0 Å². The van der Waals surface area contributed by atoms with E-state index < -0.39 is 0 Å². The van der Waals surface area contributed by atoms with Gasteiger partial charge in [-0.15, -0.1) is 0 Å². The maximum Gasteiger partial charge on any atom is 0.196 e. The minimum absolute atomic E-state index is 0.517. The molecule has 1 aromatic rings. The molecule has 1 aromatic heterocycles. The Hall–Kier alpha value is -1.08. The van der Waals surface area contributed by atoms with Crippen molar-refractivity contribution in [2.75, 3.05) is 19.0 Å². The van der Waals surface area contributed by atoms with Gasteiger partial charge in [0.05, 0.1) is 6.20 Å². The number of nitrogens with zero attached hydrogens (tertiary/aromatic N) is 3. The molecule has 0 saturated heterocycles. The zero-order chi connectivity index (χ0) is 7.56. The predicted octanol–water partition coefficient (Wildman–Crippen LogP) is 1.08. The highest BCUT2D eigenvalue weighted by Gasteiger charge is 2.00. The summed E-state index contributed by atoms with van der Waals surface area (Å²) < 4.78 is 0. The first-order valence-corrected chi connectivity index (χ1v) is 3.59. The molecule has 0 amide bonds. The Bertz CT molecular complexity index is 258. The van der Waals surface area contributed by atoms with Crippen LogP contribution in [0.5, 0.6) is 0 Å². The van der Waals surface area contributed by atoms with E-state index >= 15 is 0 Å². The van der Waals surface area contributed by atoms with Crippen molar-refractivity contribution in [3.05, 3.63) is 11.2 Å². The minimum atomic E-state index is 0.517. The van der Waals surface area contributed by atoms with Crippen LogP contribution in [0.1, 0.15) is 5.01 Å². The van der Waals surface area contributed by atoms with Gasteiger partial charge in [-0.3, -0.25) is 0 Å². The molecule has 52 valence electrons. The monoisotopic (exact) mass is 153 g/mol. The van der Waals surface area contributed by atoms with Crippen LogP contribution in [-0.4, -0.2) is 19.1 Å². The van der Waals surface area contributed by atoms with Crippen LogP contribution >= 0.6 is 11.3 Å². The molecule has 0 aromatic carbocycles. The molecule has 0 fully saturated rings. The van der Waals surface area contributed by atoms with E-state index in [1.807, 2.05) is 25.1 Å². The number of hydrogen-bond acceptors (Lipinski definition) is 4. The van der Waals surface area contributed by atoms with Crippen molar-refractivity contribution >= 4 is 16.3 Å². The van der Waals surface area contributed by atoms with Gasteiger partial charge in [-0.05, 0) is 0 Å². The van der Waals surface area contributed by atoms with Crippen LogP contribution in [0.15, 0.2) is 6.20 Å². The second-order valence-corrected chi connectivity index (χ2v) is 3.02. The van der Waals surface area contributed by atoms with E-state index in [4.69, 9.17) is 5.26 Å². The second kappa shape index (κ2) is 2.67. The standard InChI is InChI=1S/C6H7N3S/c1-9(2)6-4-8-5(3-7)10-6/h4H,1-2H3. The largest absolute Gasteiger partial charge is 0.368 e. The lowest BCUT2D eigenvalue weighted by Crippen LogP contribution is -2.05. The zero-order valence-corrected chi connectivity index (χ0v) is 6.64. The topological polar surface area (TPSA) is 39.9 Å². The van der Waals surface area contributed by atoms with Crippen LogP contribution in [0.4, 0.5) is 5.00 Å². The van der Waals surface area contributed by atoms with Gasteiger partial charge in [-0.2, -0.15) is 5.26 Å². The molecule has 0 N–H and O–H groups in total. The first-order valence-electron chi connectivity index (χ1n) is 2.77. The van der Waals surface area contributed by atoms with Gasteiger partial charge >= 0.3 is 0 Å². The number of aromatic nitrogens is 1. The van der Waals surface area contributed by atoms with Gasteiger partial charge in [0.25, 0.3) is 0 Å². The van der Waals surface area contributed by atoms with Gasteiger partial charge in [0.1, 0.15) is 11.1 Å². The van der Waals surface area contributed by atoms with Crippen molar-refractivity contribution < 1.29 is 0 Å². The summed E-state index contributed by atoms with van der Waals surface area (Å²) in [5, 5.41) is 9.94. The molecule has 10 heavy (non-hydrogen) atoms. The summed E-state index contributed by atoms with van der Waals surface area (Å²) in [7, 11) is 3.85. The molecule has 0 spiro atoms. The fraction of sp³-hybridized carbons (Fsp3) is 0.333. The maximum atomic E-state index is 8.41. The molecule has 0 unspecified atom stereocenters. The van der Waals surface area contributed by atoms with Crippen LogP contribution in [0, 0.1) is 11.3 Å².